The van der Waals surface area contributed by atoms with Crippen LogP contribution in [-0.4, -0.2) is 33.4 Å². The van der Waals surface area contributed by atoms with Crippen molar-refractivity contribution in [2.45, 2.75) is 26.8 Å². The molecule has 4 nitrogen and oxygen atoms in total. The van der Waals surface area contributed by atoms with E-state index < -0.39 is 0 Å². The first kappa shape index (κ1) is 15.1. The molecule has 1 aromatic rings. The zero-order valence-electron chi connectivity index (χ0n) is 12.8. The van der Waals surface area contributed by atoms with Crippen molar-refractivity contribution < 1.29 is 9.47 Å². The number of benzene rings is 1. The highest BCUT2D eigenvalue weighted by molar-refractivity contribution is 5.61. The first-order valence-corrected chi connectivity index (χ1v) is 7.31. The van der Waals surface area contributed by atoms with Gasteiger partial charge in [0.1, 0.15) is 12.4 Å². The Labute approximate surface area is 121 Å². The molecule has 1 aliphatic heterocycles. The average molecular weight is 278 g/mol. The van der Waals surface area contributed by atoms with Gasteiger partial charge in [-0.3, -0.25) is 0 Å². The second-order valence-electron chi connectivity index (χ2n) is 6.08. The highest BCUT2D eigenvalue weighted by Gasteiger charge is 2.18. The van der Waals surface area contributed by atoms with Gasteiger partial charge in [-0.2, -0.15) is 0 Å². The molecular formula is C16H26N2O2. The van der Waals surface area contributed by atoms with Crippen LogP contribution in [0, 0.1) is 5.41 Å². The molecule has 2 rings (SSSR count). The molecular weight excluding hydrogens is 252 g/mol. The summed E-state index contributed by atoms with van der Waals surface area (Å²) < 4.78 is 10.9. The fourth-order valence-electron chi connectivity index (χ4n) is 2.37. The minimum atomic E-state index is 0.240. The molecule has 1 heterocycles. The Balaban J connectivity index is 1.88. The lowest BCUT2D eigenvalue weighted by Crippen LogP contribution is -2.30. The first-order valence-electron chi connectivity index (χ1n) is 7.31. The van der Waals surface area contributed by atoms with Crippen LogP contribution in [0.4, 0.5) is 5.69 Å². The highest BCUT2D eigenvalue weighted by atomic mass is 16.5. The van der Waals surface area contributed by atoms with E-state index in [2.05, 4.69) is 42.7 Å². The number of ether oxygens (including phenoxy) is 2. The van der Waals surface area contributed by atoms with Crippen molar-refractivity contribution in [3.63, 3.8) is 0 Å². The van der Waals surface area contributed by atoms with E-state index in [4.69, 9.17) is 9.47 Å². The second kappa shape index (κ2) is 6.95. The molecule has 0 fully saturated rings. The maximum atomic E-state index is 5.78. The van der Waals surface area contributed by atoms with E-state index >= 15 is 0 Å². The summed E-state index contributed by atoms with van der Waals surface area (Å²) in [5.74, 6) is 1.00. The number of hydrogen-bond acceptors (Lipinski definition) is 4. The quantitative estimate of drug-likeness (QED) is 0.804. The van der Waals surface area contributed by atoms with Gasteiger partial charge in [0, 0.05) is 38.9 Å². The molecule has 1 aliphatic rings. The number of hydrogen-bond donors (Lipinski definition) is 2. The van der Waals surface area contributed by atoms with Crippen LogP contribution in [0.1, 0.15) is 25.8 Å². The van der Waals surface area contributed by atoms with Gasteiger partial charge in [-0.25, -0.2) is 0 Å². The predicted octanol–water partition coefficient (Wildman–Crippen LogP) is 2.64. The molecule has 0 amide bonds. The van der Waals surface area contributed by atoms with E-state index in [1.165, 1.54) is 5.56 Å². The number of rotatable bonds is 7. The van der Waals surface area contributed by atoms with Crippen LogP contribution in [0.3, 0.4) is 0 Å². The van der Waals surface area contributed by atoms with Crippen LogP contribution < -0.4 is 15.4 Å². The predicted molar refractivity (Wildman–Crippen MR) is 82.4 cm³/mol. The molecule has 1 aromatic carbocycles. The summed E-state index contributed by atoms with van der Waals surface area (Å²) in [6.45, 7) is 8.75. The molecule has 0 saturated carbocycles. The number of anilines is 1. The number of fused-ring (bicyclic) bond motifs is 1. The molecule has 0 radical (unpaired) electrons. The fraction of sp³-hybridized carbons (Fsp3) is 0.625. The Bertz CT molecular complexity index is 432. The first-order chi connectivity index (χ1) is 9.62. The Morgan fingerprint density at radius 1 is 1.40 bits per heavy atom. The molecule has 0 spiro atoms. The molecule has 0 aliphatic carbocycles. The summed E-state index contributed by atoms with van der Waals surface area (Å²) >= 11 is 0. The third kappa shape index (κ3) is 4.12. The summed E-state index contributed by atoms with van der Waals surface area (Å²) in [4.78, 5) is 0. The van der Waals surface area contributed by atoms with Gasteiger partial charge in [-0.05, 0) is 17.9 Å². The van der Waals surface area contributed by atoms with Crippen molar-refractivity contribution in [1.82, 2.24) is 5.32 Å². The van der Waals surface area contributed by atoms with Gasteiger partial charge in [0.15, 0.2) is 0 Å². The molecule has 20 heavy (non-hydrogen) atoms. The largest absolute Gasteiger partial charge is 0.489 e. The topological polar surface area (TPSA) is 42.5 Å². The van der Waals surface area contributed by atoms with Crippen LogP contribution in [0.15, 0.2) is 18.2 Å². The van der Waals surface area contributed by atoms with E-state index in [0.717, 1.165) is 50.7 Å². The SMILES string of the molecule is COCCC(C)(C)CNCc1cccc2c1OCCN2. The smallest absolute Gasteiger partial charge is 0.146 e. The maximum Gasteiger partial charge on any atom is 0.146 e. The normalized spacial score (nSPS) is 14.3. The zero-order chi connectivity index (χ0) is 14.4. The van der Waals surface area contributed by atoms with Crippen molar-refractivity contribution in [3.05, 3.63) is 23.8 Å². The van der Waals surface area contributed by atoms with Gasteiger partial charge < -0.3 is 20.1 Å². The van der Waals surface area contributed by atoms with Crippen LogP contribution in [-0.2, 0) is 11.3 Å². The number of para-hydroxylation sites is 1. The van der Waals surface area contributed by atoms with E-state index in [0.29, 0.717) is 0 Å². The molecule has 0 saturated heterocycles. The number of methoxy groups -OCH3 is 1. The van der Waals surface area contributed by atoms with Crippen molar-refractivity contribution in [1.29, 1.82) is 0 Å². The van der Waals surface area contributed by atoms with Gasteiger partial charge >= 0.3 is 0 Å². The van der Waals surface area contributed by atoms with Gasteiger partial charge in [-0.1, -0.05) is 26.0 Å². The molecule has 0 aromatic heterocycles. The summed E-state index contributed by atoms with van der Waals surface area (Å²) in [6.07, 6.45) is 1.06. The van der Waals surface area contributed by atoms with Gasteiger partial charge in [0.2, 0.25) is 0 Å². The van der Waals surface area contributed by atoms with E-state index in [9.17, 15) is 0 Å². The maximum absolute atomic E-state index is 5.78. The average Bonchev–Trinajstić information content (AvgIpc) is 2.45. The van der Waals surface area contributed by atoms with E-state index in [1.807, 2.05) is 0 Å². The highest BCUT2D eigenvalue weighted by Crippen LogP contribution is 2.31. The van der Waals surface area contributed by atoms with Crippen molar-refractivity contribution >= 4 is 5.69 Å². The van der Waals surface area contributed by atoms with E-state index in [1.54, 1.807) is 7.11 Å². The fourth-order valence-corrected chi connectivity index (χ4v) is 2.37. The Kier molecular flexibility index (Phi) is 5.26. The van der Waals surface area contributed by atoms with Gasteiger partial charge in [0.05, 0.1) is 5.69 Å². The molecule has 4 heteroatoms. The second-order valence-corrected chi connectivity index (χ2v) is 6.08. The summed E-state index contributed by atoms with van der Waals surface area (Å²) in [7, 11) is 1.75. The Hall–Kier alpha value is -1.26. The van der Waals surface area contributed by atoms with Crippen LogP contribution >= 0.6 is 0 Å². The lowest BCUT2D eigenvalue weighted by atomic mass is 9.89. The minimum absolute atomic E-state index is 0.240. The van der Waals surface area contributed by atoms with Crippen molar-refractivity contribution in [3.8, 4) is 5.75 Å². The van der Waals surface area contributed by atoms with Crippen LogP contribution in [0.2, 0.25) is 0 Å². The molecule has 0 atom stereocenters. The Morgan fingerprint density at radius 2 is 2.25 bits per heavy atom. The molecule has 0 unspecified atom stereocenters. The van der Waals surface area contributed by atoms with Crippen LogP contribution in [0.25, 0.3) is 0 Å². The van der Waals surface area contributed by atoms with Crippen molar-refractivity contribution in [2.75, 3.05) is 38.7 Å². The molecule has 0 bridgehead atoms. The third-order valence-corrected chi connectivity index (χ3v) is 3.66. The minimum Gasteiger partial charge on any atom is -0.489 e. The monoisotopic (exact) mass is 278 g/mol. The van der Waals surface area contributed by atoms with Gasteiger partial charge in [-0.15, -0.1) is 0 Å². The number of nitrogens with one attached hydrogen (secondary N) is 2. The third-order valence-electron chi connectivity index (χ3n) is 3.66. The Morgan fingerprint density at radius 3 is 3.05 bits per heavy atom. The molecule has 2 N–H and O–H groups in total. The van der Waals surface area contributed by atoms with Crippen LogP contribution in [0.5, 0.6) is 5.75 Å². The zero-order valence-corrected chi connectivity index (χ0v) is 12.8. The lowest BCUT2D eigenvalue weighted by Gasteiger charge is -2.26. The van der Waals surface area contributed by atoms with Gasteiger partial charge in [0.25, 0.3) is 0 Å². The molecule has 112 valence electrons. The lowest BCUT2D eigenvalue weighted by molar-refractivity contribution is 0.150. The summed E-state index contributed by atoms with van der Waals surface area (Å²) in [5.41, 5.74) is 2.57. The summed E-state index contributed by atoms with van der Waals surface area (Å²) in [6, 6.07) is 6.27. The summed E-state index contributed by atoms with van der Waals surface area (Å²) in [5, 5.41) is 6.91. The van der Waals surface area contributed by atoms with E-state index in [-0.39, 0.29) is 5.41 Å². The standard InChI is InChI=1S/C16H26N2O2/c1-16(2,7-9-19-3)12-17-11-13-5-4-6-14-15(13)20-10-8-18-14/h4-6,17-18H,7-12H2,1-3H3. The van der Waals surface area contributed by atoms with Crippen molar-refractivity contribution in [2.24, 2.45) is 5.41 Å².